The van der Waals surface area contributed by atoms with E-state index in [1.807, 2.05) is 25.1 Å². The molecule has 1 aliphatic rings. The van der Waals surface area contributed by atoms with Crippen molar-refractivity contribution in [2.75, 3.05) is 10.8 Å². The Bertz CT molecular complexity index is 1140. The van der Waals surface area contributed by atoms with Crippen molar-refractivity contribution in [3.05, 3.63) is 89.2 Å². The van der Waals surface area contributed by atoms with E-state index in [1.165, 1.54) is 4.31 Å². The number of carbonyl (C=O) groups excluding carboxylic acids is 1. The van der Waals surface area contributed by atoms with Crippen LogP contribution in [0.5, 0.6) is 0 Å². The molecular formula is C22H21N3O3S. The second kappa shape index (κ2) is 7.67. The maximum Gasteiger partial charge on any atom is 0.264 e. The Balaban J connectivity index is 1.53. The summed E-state index contributed by atoms with van der Waals surface area (Å²) in [7, 11) is -3.62. The first-order valence-electron chi connectivity index (χ1n) is 9.35. The first-order chi connectivity index (χ1) is 13.9. The number of carbonyl (C=O) groups is 1. The van der Waals surface area contributed by atoms with Crippen molar-refractivity contribution in [1.82, 2.24) is 10.3 Å². The number of pyridine rings is 1. The van der Waals surface area contributed by atoms with Crippen LogP contribution in [-0.4, -0.2) is 25.9 Å². The minimum Gasteiger partial charge on any atom is -0.346 e. The highest BCUT2D eigenvalue weighted by Gasteiger charge is 2.31. The topological polar surface area (TPSA) is 79.4 Å². The average Bonchev–Trinajstić information content (AvgIpc) is 3.17. The summed E-state index contributed by atoms with van der Waals surface area (Å²) in [6, 6.07) is 17.5. The molecule has 2 heterocycles. The standard InChI is InChI=1S/C22H21N3O3S/c1-16-5-8-20(9-6-16)29(27,28)25-13-11-17-14-18(7-10-21(17)25)22(26)24-15-19-4-2-3-12-23-19/h2-10,12,14H,11,13,15H2,1H3,(H,24,26). The smallest absolute Gasteiger partial charge is 0.264 e. The van der Waals surface area contributed by atoms with Gasteiger partial charge in [0.1, 0.15) is 0 Å². The molecule has 1 aromatic heterocycles. The SMILES string of the molecule is Cc1ccc(S(=O)(=O)N2CCc3cc(C(=O)NCc4ccccn4)ccc32)cc1. The molecular weight excluding hydrogens is 386 g/mol. The number of sulfonamides is 1. The molecule has 0 saturated heterocycles. The van der Waals surface area contributed by atoms with Gasteiger partial charge in [-0.1, -0.05) is 23.8 Å². The van der Waals surface area contributed by atoms with Crippen LogP contribution in [0, 0.1) is 6.92 Å². The summed E-state index contributed by atoms with van der Waals surface area (Å²) in [5.74, 6) is -0.210. The number of hydrogen-bond donors (Lipinski definition) is 1. The molecule has 1 amide bonds. The molecule has 0 atom stereocenters. The van der Waals surface area contributed by atoms with Crippen LogP contribution < -0.4 is 9.62 Å². The number of fused-ring (bicyclic) bond motifs is 1. The van der Waals surface area contributed by atoms with E-state index in [-0.39, 0.29) is 10.8 Å². The summed E-state index contributed by atoms with van der Waals surface area (Å²) in [6.07, 6.45) is 2.25. The van der Waals surface area contributed by atoms with Gasteiger partial charge in [-0.15, -0.1) is 0 Å². The van der Waals surface area contributed by atoms with Crippen LogP contribution >= 0.6 is 0 Å². The molecule has 0 unspecified atom stereocenters. The summed E-state index contributed by atoms with van der Waals surface area (Å²) in [5, 5.41) is 2.85. The number of nitrogens with one attached hydrogen (secondary N) is 1. The summed E-state index contributed by atoms with van der Waals surface area (Å²) in [5.41, 5.74) is 3.77. The van der Waals surface area contributed by atoms with E-state index in [2.05, 4.69) is 10.3 Å². The van der Waals surface area contributed by atoms with Crippen LogP contribution in [-0.2, 0) is 23.0 Å². The lowest BCUT2D eigenvalue weighted by molar-refractivity contribution is 0.0950. The van der Waals surface area contributed by atoms with Crippen molar-refractivity contribution in [3.8, 4) is 0 Å². The first-order valence-corrected chi connectivity index (χ1v) is 10.8. The van der Waals surface area contributed by atoms with Crippen molar-refractivity contribution in [1.29, 1.82) is 0 Å². The van der Waals surface area contributed by atoms with Gasteiger partial charge in [-0.2, -0.15) is 0 Å². The van der Waals surface area contributed by atoms with E-state index in [9.17, 15) is 13.2 Å². The van der Waals surface area contributed by atoms with Crippen LogP contribution in [0.25, 0.3) is 0 Å². The second-order valence-electron chi connectivity index (χ2n) is 6.99. The van der Waals surface area contributed by atoms with Gasteiger partial charge in [0, 0.05) is 18.3 Å². The minimum atomic E-state index is -3.62. The summed E-state index contributed by atoms with van der Waals surface area (Å²) in [4.78, 5) is 16.9. The lowest BCUT2D eigenvalue weighted by Crippen LogP contribution is -2.29. The predicted molar refractivity (Wildman–Crippen MR) is 111 cm³/mol. The van der Waals surface area contributed by atoms with Crippen molar-refractivity contribution in [2.45, 2.75) is 24.8 Å². The van der Waals surface area contributed by atoms with Crippen molar-refractivity contribution < 1.29 is 13.2 Å². The third-order valence-electron chi connectivity index (χ3n) is 4.96. The van der Waals surface area contributed by atoms with Crippen molar-refractivity contribution in [2.24, 2.45) is 0 Å². The van der Waals surface area contributed by atoms with Crippen LogP contribution in [0.15, 0.2) is 71.8 Å². The second-order valence-corrected chi connectivity index (χ2v) is 8.85. The Morgan fingerprint density at radius 1 is 1.10 bits per heavy atom. The fraction of sp³-hybridized carbons (Fsp3) is 0.182. The van der Waals surface area contributed by atoms with Gasteiger partial charge in [-0.3, -0.25) is 14.1 Å². The van der Waals surface area contributed by atoms with E-state index in [4.69, 9.17) is 0 Å². The lowest BCUT2D eigenvalue weighted by atomic mass is 10.1. The maximum absolute atomic E-state index is 13.0. The first kappa shape index (κ1) is 19.1. The third kappa shape index (κ3) is 3.86. The Hall–Kier alpha value is -3.19. The molecule has 0 spiro atoms. The number of nitrogens with zero attached hydrogens (tertiary/aromatic N) is 2. The van der Waals surface area contributed by atoms with E-state index >= 15 is 0 Å². The number of benzene rings is 2. The molecule has 4 rings (SSSR count). The fourth-order valence-electron chi connectivity index (χ4n) is 3.38. The van der Waals surface area contributed by atoms with Crippen molar-refractivity contribution >= 4 is 21.6 Å². The van der Waals surface area contributed by atoms with Gasteiger partial charge >= 0.3 is 0 Å². The molecule has 7 heteroatoms. The Kier molecular flexibility index (Phi) is 5.07. The molecule has 1 N–H and O–H groups in total. The van der Waals surface area contributed by atoms with Gasteiger partial charge in [-0.05, 0) is 61.4 Å². The molecule has 2 aromatic carbocycles. The van der Waals surface area contributed by atoms with Crippen LogP contribution in [0.3, 0.4) is 0 Å². The third-order valence-corrected chi connectivity index (χ3v) is 6.79. The number of amides is 1. The Labute approximate surface area is 170 Å². The lowest BCUT2D eigenvalue weighted by Gasteiger charge is -2.20. The van der Waals surface area contributed by atoms with E-state index in [0.717, 1.165) is 16.8 Å². The minimum absolute atomic E-state index is 0.210. The summed E-state index contributed by atoms with van der Waals surface area (Å²) >= 11 is 0. The highest BCUT2D eigenvalue weighted by atomic mass is 32.2. The summed E-state index contributed by atoms with van der Waals surface area (Å²) in [6.45, 7) is 2.62. The predicted octanol–water partition coefficient (Wildman–Crippen LogP) is 3.07. The quantitative estimate of drug-likeness (QED) is 0.705. The number of aryl methyl sites for hydroxylation is 1. The van der Waals surface area contributed by atoms with Crippen LogP contribution in [0.2, 0.25) is 0 Å². The average molecular weight is 407 g/mol. The molecule has 148 valence electrons. The van der Waals surface area contributed by atoms with Gasteiger partial charge in [0.25, 0.3) is 15.9 Å². The number of hydrogen-bond acceptors (Lipinski definition) is 4. The Morgan fingerprint density at radius 3 is 2.62 bits per heavy atom. The van der Waals surface area contributed by atoms with E-state index < -0.39 is 10.0 Å². The largest absolute Gasteiger partial charge is 0.346 e. The van der Waals surface area contributed by atoms with E-state index in [0.29, 0.717) is 30.8 Å². The van der Waals surface area contributed by atoms with E-state index in [1.54, 1.807) is 48.7 Å². The number of rotatable bonds is 5. The molecule has 0 radical (unpaired) electrons. The molecule has 1 aliphatic heterocycles. The Morgan fingerprint density at radius 2 is 1.90 bits per heavy atom. The van der Waals surface area contributed by atoms with Gasteiger partial charge in [0.15, 0.2) is 0 Å². The molecule has 6 nitrogen and oxygen atoms in total. The zero-order valence-electron chi connectivity index (χ0n) is 16.0. The van der Waals surface area contributed by atoms with Gasteiger partial charge in [0.05, 0.1) is 22.8 Å². The molecule has 0 bridgehead atoms. The molecule has 0 saturated carbocycles. The van der Waals surface area contributed by atoms with Crippen LogP contribution in [0.1, 0.15) is 27.2 Å². The fourth-order valence-corrected chi connectivity index (χ4v) is 4.88. The number of anilines is 1. The van der Waals surface area contributed by atoms with Gasteiger partial charge < -0.3 is 5.32 Å². The van der Waals surface area contributed by atoms with Crippen LogP contribution in [0.4, 0.5) is 5.69 Å². The number of aromatic nitrogens is 1. The maximum atomic E-state index is 13.0. The molecule has 0 fully saturated rings. The van der Waals surface area contributed by atoms with Crippen molar-refractivity contribution in [3.63, 3.8) is 0 Å². The highest BCUT2D eigenvalue weighted by molar-refractivity contribution is 7.92. The van der Waals surface area contributed by atoms with Gasteiger partial charge in [-0.25, -0.2) is 8.42 Å². The normalized spacial score (nSPS) is 13.2. The molecule has 29 heavy (non-hydrogen) atoms. The zero-order chi connectivity index (χ0) is 20.4. The monoisotopic (exact) mass is 407 g/mol. The van der Waals surface area contributed by atoms with Gasteiger partial charge in [0.2, 0.25) is 0 Å². The highest BCUT2D eigenvalue weighted by Crippen LogP contribution is 2.33. The molecule has 3 aromatic rings. The zero-order valence-corrected chi connectivity index (χ0v) is 16.8. The molecule has 0 aliphatic carbocycles. The summed E-state index contributed by atoms with van der Waals surface area (Å²) < 4.78 is 27.5.